The smallest absolute Gasteiger partial charge is 0.285 e. The lowest BCUT2D eigenvalue weighted by Crippen LogP contribution is -2.45. The highest BCUT2D eigenvalue weighted by molar-refractivity contribution is 7.90. The van der Waals surface area contributed by atoms with Crippen LogP contribution in [0.5, 0.6) is 0 Å². The number of hydrogen-bond acceptors (Lipinski definition) is 4. The fourth-order valence-corrected chi connectivity index (χ4v) is 5.43. The summed E-state index contributed by atoms with van der Waals surface area (Å²) in [5.74, 6) is 0.0933. The fourth-order valence-electron chi connectivity index (χ4n) is 3.90. The molecule has 0 radical (unpaired) electrons. The standard InChI is InChI=1S/C21H21Cl2N3O3S/c1-13(14-8-9-17(22)18(23)11-14)24-21(27)15-5-4-10-26(12-15)20-16-6-2-3-7-19(16)30(28,29)25-20/h2-3,6-9,11,13,15H,4-5,10,12H2,1H3,(H,24,27)/t13-,15-/m1/s1. The maximum absolute atomic E-state index is 12.9. The molecule has 30 heavy (non-hydrogen) atoms. The van der Waals surface area contributed by atoms with Crippen LogP contribution in [0, 0.1) is 5.92 Å². The number of hydrogen-bond donors (Lipinski definition) is 1. The van der Waals surface area contributed by atoms with Crippen LogP contribution in [0.2, 0.25) is 10.0 Å². The molecular formula is C21H21Cl2N3O3S. The summed E-state index contributed by atoms with van der Waals surface area (Å²) in [4.78, 5) is 15.0. The molecule has 0 unspecified atom stereocenters. The Morgan fingerprint density at radius 1 is 1.20 bits per heavy atom. The number of fused-ring (bicyclic) bond motifs is 1. The van der Waals surface area contributed by atoms with Crippen LogP contribution in [0.3, 0.4) is 0 Å². The van der Waals surface area contributed by atoms with Crippen molar-refractivity contribution in [2.24, 2.45) is 10.3 Å². The van der Waals surface area contributed by atoms with Crippen LogP contribution in [0.4, 0.5) is 0 Å². The van der Waals surface area contributed by atoms with Gasteiger partial charge < -0.3 is 10.2 Å². The number of benzene rings is 2. The van der Waals surface area contributed by atoms with Crippen molar-refractivity contribution in [3.63, 3.8) is 0 Å². The van der Waals surface area contributed by atoms with Crippen LogP contribution in [0.1, 0.15) is 36.9 Å². The molecule has 2 aliphatic rings. The van der Waals surface area contributed by atoms with E-state index < -0.39 is 10.0 Å². The molecule has 158 valence electrons. The molecule has 4 rings (SSSR count). The second-order valence-electron chi connectivity index (χ2n) is 7.58. The zero-order chi connectivity index (χ0) is 21.5. The summed E-state index contributed by atoms with van der Waals surface area (Å²) < 4.78 is 28.7. The first-order valence-electron chi connectivity index (χ1n) is 9.71. The lowest BCUT2D eigenvalue weighted by Gasteiger charge is -2.34. The zero-order valence-corrected chi connectivity index (χ0v) is 18.6. The molecule has 2 atom stereocenters. The lowest BCUT2D eigenvalue weighted by atomic mass is 9.95. The normalized spacial score (nSPS) is 21.0. The maximum Gasteiger partial charge on any atom is 0.285 e. The minimum absolute atomic E-state index is 0.0759. The van der Waals surface area contributed by atoms with E-state index in [1.165, 1.54) is 0 Å². The summed E-state index contributed by atoms with van der Waals surface area (Å²) in [5, 5.41) is 3.94. The first kappa shape index (κ1) is 21.2. The highest BCUT2D eigenvalue weighted by Crippen LogP contribution is 2.30. The van der Waals surface area contributed by atoms with Crippen molar-refractivity contribution in [3.8, 4) is 0 Å². The first-order chi connectivity index (χ1) is 14.3. The number of amidine groups is 1. The summed E-state index contributed by atoms with van der Waals surface area (Å²) >= 11 is 12.1. The number of rotatable bonds is 3. The number of sulfonamides is 1. The molecule has 0 aromatic heterocycles. The Morgan fingerprint density at radius 2 is 1.97 bits per heavy atom. The van der Waals surface area contributed by atoms with Crippen molar-refractivity contribution in [2.75, 3.05) is 13.1 Å². The van der Waals surface area contributed by atoms with E-state index in [1.807, 2.05) is 17.9 Å². The highest BCUT2D eigenvalue weighted by atomic mass is 35.5. The average Bonchev–Trinajstić information content (AvgIpc) is 3.01. The Hall–Kier alpha value is -2.09. The quantitative estimate of drug-likeness (QED) is 0.741. The van der Waals surface area contributed by atoms with E-state index in [1.54, 1.807) is 36.4 Å². The third kappa shape index (κ3) is 4.06. The molecule has 0 saturated carbocycles. The van der Waals surface area contributed by atoms with E-state index in [0.29, 0.717) is 34.5 Å². The van der Waals surface area contributed by atoms with E-state index in [9.17, 15) is 13.2 Å². The molecule has 0 bridgehead atoms. The Bertz CT molecular complexity index is 1130. The van der Waals surface area contributed by atoms with Gasteiger partial charge in [-0.05, 0) is 49.6 Å². The summed E-state index contributed by atoms with van der Waals surface area (Å²) in [7, 11) is -3.68. The van der Waals surface area contributed by atoms with Gasteiger partial charge in [-0.3, -0.25) is 4.79 Å². The predicted molar refractivity (Wildman–Crippen MR) is 117 cm³/mol. The van der Waals surface area contributed by atoms with Gasteiger partial charge in [0.2, 0.25) is 5.91 Å². The van der Waals surface area contributed by atoms with Crippen LogP contribution in [-0.2, 0) is 14.8 Å². The second-order valence-corrected chi connectivity index (χ2v) is 9.96. The van der Waals surface area contributed by atoms with E-state index in [-0.39, 0.29) is 22.8 Å². The molecule has 1 saturated heterocycles. The highest BCUT2D eigenvalue weighted by Gasteiger charge is 2.35. The van der Waals surface area contributed by atoms with Crippen molar-refractivity contribution in [1.29, 1.82) is 0 Å². The monoisotopic (exact) mass is 465 g/mol. The molecule has 1 fully saturated rings. The first-order valence-corrected chi connectivity index (χ1v) is 11.9. The van der Waals surface area contributed by atoms with Crippen LogP contribution in [-0.4, -0.2) is 38.2 Å². The van der Waals surface area contributed by atoms with E-state index >= 15 is 0 Å². The van der Waals surface area contributed by atoms with Gasteiger partial charge in [-0.2, -0.15) is 8.42 Å². The van der Waals surface area contributed by atoms with Crippen molar-refractivity contribution < 1.29 is 13.2 Å². The maximum atomic E-state index is 12.9. The minimum Gasteiger partial charge on any atom is -0.355 e. The van der Waals surface area contributed by atoms with Gasteiger partial charge in [-0.25, -0.2) is 0 Å². The van der Waals surface area contributed by atoms with Gasteiger partial charge in [0, 0.05) is 18.7 Å². The van der Waals surface area contributed by atoms with E-state index in [4.69, 9.17) is 23.2 Å². The Morgan fingerprint density at radius 3 is 2.73 bits per heavy atom. The van der Waals surface area contributed by atoms with Crippen molar-refractivity contribution >= 4 is 45.0 Å². The van der Waals surface area contributed by atoms with Gasteiger partial charge in [-0.1, -0.05) is 41.4 Å². The number of carbonyl (C=O) groups excluding carboxylic acids is 1. The number of nitrogens with one attached hydrogen (secondary N) is 1. The number of carbonyl (C=O) groups is 1. The third-order valence-corrected chi connectivity index (χ3v) is 7.57. The number of piperidine rings is 1. The molecule has 2 aromatic carbocycles. The van der Waals surface area contributed by atoms with Crippen LogP contribution in [0.15, 0.2) is 51.8 Å². The third-order valence-electron chi connectivity index (χ3n) is 5.51. The van der Waals surface area contributed by atoms with Gasteiger partial charge >= 0.3 is 0 Å². The van der Waals surface area contributed by atoms with Gasteiger partial charge in [0.05, 0.1) is 22.0 Å². The molecular weight excluding hydrogens is 445 g/mol. The van der Waals surface area contributed by atoms with Gasteiger partial charge in [0.25, 0.3) is 10.0 Å². The minimum atomic E-state index is -3.68. The number of amides is 1. The zero-order valence-electron chi connectivity index (χ0n) is 16.3. The predicted octanol–water partition coefficient (Wildman–Crippen LogP) is 4.03. The number of nitrogens with zero attached hydrogens (tertiary/aromatic N) is 2. The average molecular weight is 466 g/mol. The van der Waals surface area contributed by atoms with Crippen molar-refractivity contribution in [2.45, 2.75) is 30.7 Å². The summed E-state index contributed by atoms with van der Waals surface area (Å²) in [6, 6.07) is 11.9. The second kappa shape index (κ2) is 8.21. The molecule has 9 heteroatoms. The molecule has 1 N–H and O–H groups in total. The van der Waals surface area contributed by atoms with Gasteiger partial charge in [0.15, 0.2) is 5.84 Å². The van der Waals surface area contributed by atoms with Gasteiger partial charge in [0.1, 0.15) is 4.90 Å². The molecule has 1 amide bonds. The Labute approximate surface area is 185 Å². The number of halogens is 2. The molecule has 2 aromatic rings. The SMILES string of the molecule is C[C@@H](NC(=O)[C@@H]1CCCN(C2=NS(=O)(=O)c3ccccc32)C1)c1ccc(Cl)c(Cl)c1. The summed E-state index contributed by atoms with van der Waals surface area (Å²) in [5.41, 5.74) is 1.47. The lowest BCUT2D eigenvalue weighted by molar-refractivity contribution is -0.126. The van der Waals surface area contributed by atoms with Crippen LogP contribution < -0.4 is 5.32 Å². The number of likely N-dealkylation sites (tertiary alicyclic amines) is 1. The summed E-state index contributed by atoms with van der Waals surface area (Å²) in [6.45, 7) is 2.97. The van der Waals surface area contributed by atoms with Crippen molar-refractivity contribution in [3.05, 3.63) is 63.6 Å². The van der Waals surface area contributed by atoms with E-state index in [0.717, 1.165) is 18.4 Å². The molecule has 0 aliphatic carbocycles. The Kier molecular flexibility index (Phi) is 5.79. The Balaban J connectivity index is 1.48. The molecule has 2 aliphatic heterocycles. The van der Waals surface area contributed by atoms with Crippen molar-refractivity contribution in [1.82, 2.24) is 10.2 Å². The molecule has 6 nitrogen and oxygen atoms in total. The van der Waals surface area contributed by atoms with E-state index in [2.05, 4.69) is 9.71 Å². The van der Waals surface area contributed by atoms with Crippen LogP contribution in [0.25, 0.3) is 0 Å². The molecule has 0 spiro atoms. The largest absolute Gasteiger partial charge is 0.355 e. The fraction of sp³-hybridized carbons (Fsp3) is 0.333. The van der Waals surface area contributed by atoms with Gasteiger partial charge in [-0.15, -0.1) is 4.40 Å². The van der Waals surface area contributed by atoms with Crippen LogP contribution >= 0.6 is 23.2 Å². The topological polar surface area (TPSA) is 78.8 Å². The molecule has 2 heterocycles. The summed E-state index contributed by atoms with van der Waals surface area (Å²) in [6.07, 6.45) is 1.51.